The Morgan fingerprint density at radius 1 is 0.727 bits per heavy atom. The maximum atomic E-state index is 12.9. The fourth-order valence-electron chi connectivity index (χ4n) is 3.38. The van der Waals surface area contributed by atoms with Gasteiger partial charge in [-0.3, -0.25) is 9.59 Å². The molecule has 0 radical (unpaired) electrons. The molecule has 164 valence electrons. The third-order valence-electron chi connectivity index (χ3n) is 5.14. The summed E-state index contributed by atoms with van der Waals surface area (Å²) in [5.74, 6) is 0.0708. The maximum Gasteiger partial charge on any atom is 0.259 e. The number of hydrogen-bond donors (Lipinski definition) is 2. The van der Waals surface area contributed by atoms with Crippen LogP contribution in [0.1, 0.15) is 31.8 Å². The average Bonchev–Trinajstić information content (AvgIpc) is 2.85. The van der Waals surface area contributed by atoms with Gasteiger partial charge in [0.05, 0.1) is 5.56 Å². The molecule has 4 rings (SSSR count). The van der Waals surface area contributed by atoms with Crippen molar-refractivity contribution in [3.05, 3.63) is 125 Å². The summed E-state index contributed by atoms with van der Waals surface area (Å²) in [7, 11) is 0. The van der Waals surface area contributed by atoms with Gasteiger partial charge in [-0.25, -0.2) is 0 Å². The third kappa shape index (κ3) is 5.66. The molecule has 0 heterocycles. The molecule has 0 aliphatic rings. The van der Waals surface area contributed by atoms with Gasteiger partial charge in [-0.15, -0.1) is 0 Å². The van der Waals surface area contributed by atoms with Crippen molar-refractivity contribution in [3.8, 4) is 5.75 Å². The minimum atomic E-state index is -0.265. The van der Waals surface area contributed by atoms with E-state index in [1.54, 1.807) is 42.5 Å². The molecule has 0 fully saturated rings. The molecule has 0 unspecified atom stereocenters. The predicted molar refractivity (Wildman–Crippen MR) is 131 cm³/mol. The third-order valence-corrected chi connectivity index (χ3v) is 5.14. The van der Waals surface area contributed by atoms with Gasteiger partial charge in [0, 0.05) is 16.9 Å². The molecule has 0 aromatic heterocycles. The number of nitrogens with one attached hydrogen (secondary N) is 2. The monoisotopic (exact) mass is 436 g/mol. The minimum Gasteiger partial charge on any atom is -0.488 e. The summed E-state index contributed by atoms with van der Waals surface area (Å²) in [4.78, 5) is 25.4. The van der Waals surface area contributed by atoms with E-state index >= 15 is 0 Å². The average molecular weight is 437 g/mol. The second-order valence-corrected chi connectivity index (χ2v) is 7.57. The summed E-state index contributed by atoms with van der Waals surface area (Å²) in [6.07, 6.45) is 0. The molecule has 5 heteroatoms. The van der Waals surface area contributed by atoms with E-state index in [1.165, 1.54) is 0 Å². The predicted octanol–water partition coefficient (Wildman–Crippen LogP) is 6.08. The summed E-state index contributed by atoms with van der Waals surface area (Å²) in [5, 5.41) is 5.83. The molecule has 0 atom stereocenters. The highest BCUT2D eigenvalue weighted by molar-refractivity contribution is 6.07. The number of aryl methyl sites for hydroxylation is 1. The standard InChI is InChI=1S/C28H24N2O3/c1-20-18-23(16-17-25(20)30-27(31)22-12-6-3-7-13-22)29-28(32)24-14-8-9-15-26(24)33-19-21-10-4-2-5-11-21/h2-18H,19H2,1H3,(H,29,32)(H,30,31). The Morgan fingerprint density at radius 3 is 2.12 bits per heavy atom. The molecule has 0 aliphatic heterocycles. The Balaban J connectivity index is 1.43. The highest BCUT2D eigenvalue weighted by atomic mass is 16.5. The second kappa shape index (κ2) is 10.3. The van der Waals surface area contributed by atoms with Gasteiger partial charge >= 0.3 is 0 Å². The zero-order valence-corrected chi connectivity index (χ0v) is 18.2. The first-order valence-electron chi connectivity index (χ1n) is 10.6. The Kier molecular flexibility index (Phi) is 6.81. The van der Waals surface area contributed by atoms with Crippen LogP contribution in [0.25, 0.3) is 0 Å². The lowest BCUT2D eigenvalue weighted by molar-refractivity contribution is 0.101. The normalized spacial score (nSPS) is 10.3. The van der Waals surface area contributed by atoms with Crippen molar-refractivity contribution in [1.29, 1.82) is 0 Å². The number of anilines is 2. The van der Waals surface area contributed by atoms with Crippen molar-refractivity contribution >= 4 is 23.2 Å². The van der Waals surface area contributed by atoms with Gasteiger partial charge < -0.3 is 15.4 Å². The topological polar surface area (TPSA) is 67.4 Å². The van der Waals surface area contributed by atoms with Gasteiger partial charge in [-0.1, -0.05) is 60.7 Å². The first-order chi connectivity index (χ1) is 16.1. The molecule has 0 saturated heterocycles. The number of ether oxygens (including phenoxy) is 1. The smallest absolute Gasteiger partial charge is 0.259 e. The first-order valence-corrected chi connectivity index (χ1v) is 10.6. The van der Waals surface area contributed by atoms with Crippen LogP contribution >= 0.6 is 0 Å². The summed E-state index contributed by atoms with van der Waals surface area (Å²) in [5.41, 5.74) is 4.22. The van der Waals surface area contributed by atoms with Crippen LogP contribution in [0.3, 0.4) is 0 Å². The van der Waals surface area contributed by atoms with E-state index in [1.807, 2.05) is 67.6 Å². The van der Waals surface area contributed by atoms with Crippen LogP contribution in [-0.2, 0) is 6.61 Å². The van der Waals surface area contributed by atoms with Gasteiger partial charge in [0.2, 0.25) is 0 Å². The van der Waals surface area contributed by atoms with E-state index in [0.29, 0.717) is 34.9 Å². The van der Waals surface area contributed by atoms with Crippen molar-refractivity contribution in [1.82, 2.24) is 0 Å². The largest absolute Gasteiger partial charge is 0.488 e. The van der Waals surface area contributed by atoms with Crippen LogP contribution < -0.4 is 15.4 Å². The van der Waals surface area contributed by atoms with Crippen molar-refractivity contribution in [2.45, 2.75) is 13.5 Å². The number of carbonyl (C=O) groups excluding carboxylic acids is 2. The van der Waals surface area contributed by atoms with Crippen molar-refractivity contribution < 1.29 is 14.3 Å². The Morgan fingerprint density at radius 2 is 1.39 bits per heavy atom. The number of para-hydroxylation sites is 1. The van der Waals surface area contributed by atoms with Gasteiger partial charge in [0.1, 0.15) is 12.4 Å². The Labute approximate surface area is 193 Å². The SMILES string of the molecule is Cc1cc(NC(=O)c2ccccc2OCc2ccccc2)ccc1NC(=O)c1ccccc1. The second-order valence-electron chi connectivity index (χ2n) is 7.57. The fourth-order valence-corrected chi connectivity index (χ4v) is 3.38. The molecule has 0 aliphatic carbocycles. The van der Waals surface area contributed by atoms with Crippen LogP contribution in [0.15, 0.2) is 103 Å². The summed E-state index contributed by atoms with van der Waals surface area (Å²) in [6.45, 7) is 2.26. The number of carbonyl (C=O) groups is 2. The Bertz CT molecular complexity index is 1250. The van der Waals surface area contributed by atoms with Crippen LogP contribution in [-0.4, -0.2) is 11.8 Å². The summed E-state index contributed by atoms with van der Waals surface area (Å²) < 4.78 is 5.90. The van der Waals surface area contributed by atoms with E-state index in [9.17, 15) is 9.59 Å². The van der Waals surface area contributed by atoms with Crippen molar-refractivity contribution in [3.63, 3.8) is 0 Å². The van der Waals surface area contributed by atoms with Crippen LogP contribution in [0, 0.1) is 6.92 Å². The summed E-state index contributed by atoms with van der Waals surface area (Å²) in [6, 6.07) is 31.4. The number of hydrogen-bond acceptors (Lipinski definition) is 3. The molecule has 0 saturated carbocycles. The minimum absolute atomic E-state index is 0.181. The first kappa shape index (κ1) is 21.8. The number of amides is 2. The van der Waals surface area contributed by atoms with Crippen molar-refractivity contribution in [2.75, 3.05) is 10.6 Å². The number of benzene rings is 4. The van der Waals surface area contributed by atoms with E-state index in [0.717, 1.165) is 11.1 Å². The van der Waals surface area contributed by atoms with Crippen LogP contribution in [0.5, 0.6) is 5.75 Å². The van der Waals surface area contributed by atoms with Gasteiger partial charge in [0.15, 0.2) is 0 Å². The van der Waals surface area contributed by atoms with Gasteiger partial charge in [0.25, 0.3) is 11.8 Å². The van der Waals surface area contributed by atoms with E-state index in [4.69, 9.17) is 4.74 Å². The molecule has 33 heavy (non-hydrogen) atoms. The molecule has 2 N–H and O–H groups in total. The number of rotatable bonds is 7. The lowest BCUT2D eigenvalue weighted by Gasteiger charge is -2.13. The van der Waals surface area contributed by atoms with E-state index in [-0.39, 0.29) is 11.8 Å². The highest BCUT2D eigenvalue weighted by Crippen LogP contribution is 2.24. The lowest BCUT2D eigenvalue weighted by Crippen LogP contribution is -2.15. The maximum absolute atomic E-state index is 12.9. The molecule has 0 spiro atoms. The molecule has 0 bridgehead atoms. The molecule has 4 aromatic carbocycles. The molecular weight excluding hydrogens is 412 g/mol. The molecule has 4 aromatic rings. The van der Waals surface area contributed by atoms with E-state index < -0.39 is 0 Å². The zero-order valence-electron chi connectivity index (χ0n) is 18.2. The van der Waals surface area contributed by atoms with Crippen LogP contribution in [0.2, 0.25) is 0 Å². The van der Waals surface area contributed by atoms with Gasteiger partial charge in [-0.2, -0.15) is 0 Å². The zero-order chi connectivity index (χ0) is 23.0. The molecular formula is C28H24N2O3. The van der Waals surface area contributed by atoms with Gasteiger partial charge in [-0.05, 0) is 60.5 Å². The Hall–Kier alpha value is -4.38. The summed E-state index contributed by atoms with van der Waals surface area (Å²) >= 11 is 0. The highest BCUT2D eigenvalue weighted by Gasteiger charge is 2.14. The molecule has 2 amide bonds. The fraction of sp³-hybridized carbons (Fsp3) is 0.0714. The molecule has 5 nitrogen and oxygen atoms in total. The van der Waals surface area contributed by atoms with Crippen LogP contribution in [0.4, 0.5) is 11.4 Å². The van der Waals surface area contributed by atoms with E-state index in [2.05, 4.69) is 10.6 Å². The quantitative estimate of drug-likeness (QED) is 0.369. The van der Waals surface area contributed by atoms with Crippen molar-refractivity contribution in [2.24, 2.45) is 0 Å². The lowest BCUT2D eigenvalue weighted by atomic mass is 10.1.